The molecule has 33 heavy (non-hydrogen) atoms. The number of nitrogens with zero attached hydrogens (tertiary/aromatic N) is 1. The molecule has 3 N–H and O–H groups in total. The molecule has 4 rings (SSSR count). The van der Waals surface area contributed by atoms with E-state index in [4.69, 9.17) is 9.56 Å². The van der Waals surface area contributed by atoms with Gasteiger partial charge in [-0.25, -0.2) is 23.0 Å². The van der Waals surface area contributed by atoms with Crippen molar-refractivity contribution in [1.82, 2.24) is 9.78 Å². The van der Waals surface area contributed by atoms with Crippen LogP contribution in [0.4, 0.5) is 0 Å². The van der Waals surface area contributed by atoms with Gasteiger partial charge in [0.1, 0.15) is 11.5 Å². The third kappa shape index (κ3) is 4.43. The Morgan fingerprint density at radius 1 is 1.09 bits per heavy atom. The Bertz CT molecular complexity index is 1610. The van der Waals surface area contributed by atoms with E-state index in [2.05, 4.69) is 16.4 Å². The molecule has 0 atom stereocenters. The number of carbonyl (C=O) groups is 1. The highest BCUT2D eigenvalue weighted by atomic mass is 32.2. The zero-order chi connectivity index (χ0) is 23.8. The molecule has 9 nitrogen and oxygen atoms in total. The van der Waals surface area contributed by atoms with Crippen LogP contribution in [0.3, 0.4) is 0 Å². The molecule has 2 aromatic heterocycles. The highest BCUT2D eigenvalue weighted by Crippen LogP contribution is 2.23. The number of hydrogen-bond donors (Lipinski definition) is 2. The first kappa shape index (κ1) is 22.1. The first-order valence-corrected chi connectivity index (χ1v) is 11.2. The molecule has 0 spiro atoms. The molecule has 0 unspecified atom stereocenters. The van der Waals surface area contributed by atoms with Gasteiger partial charge in [0.2, 0.25) is 10.0 Å². The number of furan rings is 1. The average molecular weight is 465 g/mol. The van der Waals surface area contributed by atoms with Crippen LogP contribution in [0.25, 0.3) is 29.7 Å². The number of nitrogens with two attached hydrogens (primary N) is 1. The summed E-state index contributed by atoms with van der Waals surface area (Å²) >= 11 is 0. The lowest BCUT2D eigenvalue weighted by Gasteiger charge is -2.03. The first-order chi connectivity index (χ1) is 15.7. The summed E-state index contributed by atoms with van der Waals surface area (Å²) in [5.74, 6) is 0.428. The molecular formula is C23H19N3O6S. The van der Waals surface area contributed by atoms with E-state index in [1.807, 2.05) is 0 Å². The fraction of sp³-hybridized carbons (Fsp3) is 0.0435. The lowest BCUT2D eigenvalue weighted by atomic mass is 10.2. The van der Waals surface area contributed by atoms with Gasteiger partial charge in [-0.3, -0.25) is 9.89 Å². The fourth-order valence-electron chi connectivity index (χ4n) is 3.23. The van der Waals surface area contributed by atoms with Crippen molar-refractivity contribution in [2.45, 2.75) is 4.90 Å². The molecule has 4 aromatic rings. The van der Waals surface area contributed by atoms with E-state index in [0.29, 0.717) is 38.9 Å². The average Bonchev–Trinajstić information content (AvgIpc) is 3.38. The van der Waals surface area contributed by atoms with Crippen molar-refractivity contribution in [1.29, 1.82) is 0 Å². The number of primary sulfonamides is 1. The van der Waals surface area contributed by atoms with Crippen molar-refractivity contribution >= 4 is 28.6 Å². The van der Waals surface area contributed by atoms with Crippen LogP contribution in [0.2, 0.25) is 0 Å². The predicted octanol–water partition coefficient (Wildman–Crippen LogP) is 1.10. The van der Waals surface area contributed by atoms with Gasteiger partial charge in [0.05, 0.1) is 33.8 Å². The van der Waals surface area contributed by atoms with Gasteiger partial charge in [-0.15, -0.1) is 0 Å². The van der Waals surface area contributed by atoms with Crippen LogP contribution in [-0.4, -0.2) is 31.3 Å². The zero-order valence-corrected chi connectivity index (χ0v) is 18.3. The van der Waals surface area contributed by atoms with E-state index in [-0.39, 0.29) is 10.5 Å². The summed E-state index contributed by atoms with van der Waals surface area (Å²) in [6, 6.07) is 15.7. The normalized spacial score (nSPS) is 12.1. The van der Waals surface area contributed by atoms with E-state index in [1.165, 1.54) is 23.9 Å². The van der Waals surface area contributed by atoms with Crippen LogP contribution in [0.5, 0.6) is 0 Å². The van der Waals surface area contributed by atoms with Crippen molar-refractivity contribution < 1.29 is 22.4 Å². The van der Waals surface area contributed by atoms with Gasteiger partial charge in [-0.2, -0.15) is 0 Å². The Morgan fingerprint density at radius 3 is 2.36 bits per heavy atom. The van der Waals surface area contributed by atoms with Crippen LogP contribution >= 0.6 is 0 Å². The second-order valence-corrected chi connectivity index (χ2v) is 8.66. The highest BCUT2D eigenvalue weighted by Gasteiger charge is 2.11. The lowest BCUT2D eigenvalue weighted by molar-refractivity contribution is 0.0600. The minimum atomic E-state index is -3.78. The number of H-pyrrole nitrogens is 1. The lowest BCUT2D eigenvalue weighted by Crippen LogP contribution is -2.33. The molecule has 0 amide bonds. The fourth-order valence-corrected chi connectivity index (χ4v) is 3.74. The molecule has 0 saturated carbocycles. The number of aromatic nitrogens is 2. The van der Waals surface area contributed by atoms with Crippen molar-refractivity contribution in [3.63, 3.8) is 0 Å². The maximum atomic E-state index is 12.9. The maximum absolute atomic E-state index is 12.9. The number of ether oxygens (including phenoxy) is 1. The molecule has 0 aliphatic rings. The second kappa shape index (κ2) is 8.41. The van der Waals surface area contributed by atoms with Gasteiger partial charge in [0.25, 0.3) is 5.56 Å². The van der Waals surface area contributed by atoms with E-state index in [0.717, 1.165) is 0 Å². The third-order valence-electron chi connectivity index (χ3n) is 4.93. The molecular weight excluding hydrogens is 446 g/mol. The van der Waals surface area contributed by atoms with Gasteiger partial charge in [0.15, 0.2) is 0 Å². The second-order valence-electron chi connectivity index (χ2n) is 7.10. The van der Waals surface area contributed by atoms with Crippen LogP contribution in [0.15, 0.2) is 74.8 Å². The SMILES string of the molecule is C=c1[nH]n(-c2ccc(C(=O)OC)cc2)c(=O)c1=Cc1ccc(-c2ccc(S(N)(=O)=O)cc2)o1. The molecule has 2 aromatic carbocycles. The number of nitrogens with one attached hydrogen (secondary N) is 1. The number of sulfonamides is 1. The monoisotopic (exact) mass is 465 g/mol. The Labute approximate surface area is 188 Å². The summed E-state index contributed by atoms with van der Waals surface area (Å²) < 4.78 is 34.6. The van der Waals surface area contributed by atoms with Crippen molar-refractivity contribution in [2.24, 2.45) is 5.14 Å². The summed E-state index contributed by atoms with van der Waals surface area (Å²) in [6.07, 6.45) is 1.56. The van der Waals surface area contributed by atoms with E-state index >= 15 is 0 Å². The molecule has 0 aliphatic heterocycles. The number of esters is 1. The van der Waals surface area contributed by atoms with Crippen LogP contribution in [0.1, 0.15) is 16.1 Å². The highest BCUT2D eigenvalue weighted by molar-refractivity contribution is 7.89. The summed E-state index contributed by atoms with van der Waals surface area (Å²) in [5.41, 5.74) is 1.19. The molecule has 0 radical (unpaired) electrons. The Balaban J connectivity index is 1.67. The summed E-state index contributed by atoms with van der Waals surface area (Å²) in [4.78, 5) is 24.5. The molecule has 0 bridgehead atoms. The van der Waals surface area contributed by atoms with Crippen LogP contribution < -0.4 is 21.3 Å². The largest absolute Gasteiger partial charge is 0.465 e. The number of rotatable bonds is 5. The minimum absolute atomic E-state index is 0.00113. The van der Waals surface area contributed by atoms with Gasteiger partial charge >= 0.3 is 5.97 Å². The van der Waals surface area contributed by atoms with Crippen molar-refractivity contribution in [2.75, 3.05) is 7.11 Å². The number of benzene rings is 2. The zero-order valence-electron chi connectivity index (χ0n) is 17.4. The van der Waals surface area contributed by atoms with Crippen LogP contribution in [0, 0.1) is 0 Å². The Hall–Kier alpha value is -4.15. The molecule has 2 heterocycles. The summed E-state index contributed by atoms with van der Waals surface area (Å²) in [6.45, 7) is 3.89. The van der Waals surface area contributed by atoms with Crippen molar-refractivity contribution in [3.05, 3.63) is 92.9 Å². The predicted molar refractivity (Wildman–Crippen MR) is 122 cm³/mol. The molecule has 0 fully saturated rings. The standard InChI is InChI=1S/C23H19N3O6S/c1-14-20(22(27)26(25-14)17-7-3-16(4-8-17)23(28)31-2)13-18-9-12-21(32-18)15-5-10-19(11-6-15)33(24,29)30/h3-13,25H,1H2,2H3,(H2,24,29,30). The van der Waals surface area contributed by atoms with Crippen molar-refractivity contribution in [3.8, 4) is 17.0 Å². The maximum Gasteiger partial charge on any atom is 0.337 e. The van der Waals surface area contributed by atoms with E-state index in [9.17, 15) is 18.0 Å². The Morgan fingerprint density at radius 2 is 1.76 bits per heavy atom. The first-order valence-electron chi connectivity index (χ1n) is 9.61. The Kier molecular flexibility index (Phi) is 5.62. The number of aromatic amines is 1. The molecule has 0 saturated heterocycles. The minimum Gasteiger partial charge on any atom is -0.465 e. The summed E-state index contributed by atoms with van der Waals surface area (Å²) in [5, 5.41) is 8.71. The molecule has 168 valence electrons. The number of methoxy groups -OCH3 is 1. The van der Waals surface area contributed by atoms with Gasteiger partial charge in [-0.05, 0) is 66.7 Å². The van der Waals surface area contributed by atoms with E-state index in [1.54, 1.807) is 54.6 Å². The van der Waals surface area contributed by atoms with Crippen LogP contribution in [-0.2, 0) is 14.8 Å². The molecule has 0 aliphatic carbocycles. The summed E-state index contributed by atoms with van der Waals surface area (Å²) in [7, 11) is -2.49. The number of hydrogen-bond acceptors (Lipinski definition) is 6. The smallest absolute Gasteiger partial charge is 0.337 e. The van der Waals surface area contributed by atoms with E-state index < -0.39 is 16.0 Å². The number of carbonyl (C=O) groups excluding carboxylic acids is 1. The topological polar surface area (TPSA) is 137 Å². The third-order valence-corrected chi connectivity index (χ3v) is 5.86. The van der Waals surface area contributed by atoms with Gasteiger partial charge < -0.3 is 9.15 Å². The molecule has 10 heteroatoms. The van der Waals surface area contributed by atoms with Gasteiger partial charge in [0, 0.05) is 5.56 Å². The van der Waals surface area contributed by atoms with Gasteiger partial charge in [-0.1, -0.05) is 6.58 Å². The quantitative estimate of drug-likeness (QED) is 0.424.